The highest BCUT2D eigenvalue weighted by atomic mass is 16.3. The fourth-order valence-electron chi connectivity index (χ4n) is 2.38. The van der Waals surface area contributed by atoms with Crippen molar-refractivity contribution in [3.63, 3.8) is 0 Å². The van der Waals surface area contributed by atoms with E-state index in [1.165, 1.54) is 0 Å². The number of hydrogen-bond acceptors (Lipinski definition) is 4. The summed E-state index contributed by atoms with van der Waals surface area (Å²) in [6.07, 6.45) is 1.96. The summed E-state index contributed by atoms with van der Waals surface area (Å²) in [7, 11) is 0. The van der Waals surface area contributed by atoms with Crippen LogP contribution >= 0.6 is 0 Å². The maximum Gasteiger partial charge on any atom is 0.258 e. The molecular formula is C16H18N2O3. The van der Waals surface area contributed by atoms with Crippen LogP contribution in [0, 0.1) is 6.92 Å². The highest BCUT2D eigenvalue weighted by molar-refractivity contribution is 5.98. The minimum Gasteiger partial charge on any atom is -0.505 e. The smallest absolute Gasteiger partial charge is 0.258 e. The molecule has 5 nitrogen and oxygen atoms in total. The van der Waals surface area contributed by atoms with Gasteiger partial charge in [0.05, 0.1) is 17.8 Å². The van der Waals surface area contributed by atoms with Crippen molar-refractivity contribution < 1.29 is 14.3 Å². The molecule has 0 atom stereocenters. The molecule has 0 aliphatic heterocycles. The summed E-state index contributed by atoms with van der Waals surface area (Å²) < 4.78 is 5.55. The number of nitrogen functional groups attached to an aromatic ring is 1. The van der Waals surface area contributed by atoms with Gasteiger partial charge in [0.2, 0.25) is 0 Å². The number of amides is 1. The van der Waals surface area contributed by atoms with E-state index in [1.54, 1.807) is 23.1 Å². The lowest BCUT2D eigenvalue weighted by molar-refractivity contribution is 0.0714. The first-order valence-corrected chi connectivity index (χ1v) is 7.00. The summed E-state index contributed by atoms with van der Waals surface area (Å²) in [5.41, 5.74) is 6.12. The van der Waals surface area contributed by atoms with Gasteiger partial charge in [0, 0.05) is 6.04 Å². The number of phenols is 1. The fraction of sp³-hybridized carbons (Fsp3) is 0.312. The van der Waals surface area contributed by atoms with E-state index >= 15 is 0 Å². The lowest BCUT2D eigenvalue weighted by atomic mass is 10.1. The second kappa shape index (κ2) is 5.16. The highest BCUT2D eigenvalue weighted by Crippen LogP contribution is 2.33. The zero-order valence-electron chi connectivity index (χ0n) is 11.9. The largest absolute Gasteiger partial charge is 0.505 e. The van der Waals surface area contributed by atoms with E-state index in [1.807, 2.05) is 19.1 Å². The van der Waals surface area contributed by atoms with Gasteiger partial charge >= 0.3 is 0 Å². The summed E-state index contributed by atoms with van der Waals surface area (Å²) in [6, 6.07) is 8.80. The second-order valence-corrected chi connectivity index (χ2v) is 5.42. The van der Waals surface area contributed by atoms with Crippen LogP contribution in [0.15, 0.2) is 34.7 Å². The van der Waals surface area contributed by atoms with Crippen LogP contribution in [-0.4, -0.2) is 22.0 Å². The van der Waals surface area contributed by atoms with E-state index in [0.717, 1.165) is 24.4 Å². The van der Waals surface area contributed by atoms with Crippen molar-refractivity contribution in [3.05, 3.63) is 47.4 Å². The minimum atomic E-state index is -0.212. The van der Waals surface area contributed by atoms with Gasteiger partial charge in [-0.25, -0.2) is 0 Å². The SMILES string of the molecule is Cc1ccc(CN(C(=O)c2cccc(N)c2O)C2CC2)o1. The van der Waals surface area contributed by atoms with Gasteiger partial charge in [-0.2, -0.15) is 0 Å². The molecule has 0 radical (unpaired) electrons. The van der Waals surface area contributed by atoms with Crippen LogP contribution in [-0.2, 0) is 6.54 Å². The Balaban J connectivity index is 1.87. The summed E-state index contributed by atoms with van der Waals surface area (Å²) in [5, 5.41) is 9.99. The molecule has 1 aromatic heterocycles. The van der Waals surface area contributed by atoms with E-state index in [0.29, 0.717) is 6.54 Å². The Labute approximate surface area is 123 Å². The van der Waals surface area contributed by atoms with Crippen LogP contribution in [0.4, 0.5) is 5.69 Å². The quantitative estimate of drug-likeness (QED) is 0.669. The van der Waals surface area contributed by atoms with Gasteiger partial charge in [-0.1, -0.05) is 6.07 Å². The topological polar surface area (TPSA) is 79.7 Å². The first-order valence-electron chi connectivity index (χ1n) is 7.00. The van der Waals surface area contributed by atoms with E-state index in [9.17, 15) is 9.90 Å². The fourth-order valence-corrected chi connectivity index (χ4v) is 2.38. The van der Waals surface area contributed by atoms with Crippen LogP contribution in [0.2, 0.25) is 0 Å². The number of carbonyl (C=O) groups excluding carboxylic acids is 1. The van der Waals surface area contributed by atoms with Gasteiger partial charge in [0.1, 0.15) is 11.5 Å². The molecule has 1 fully saturated rings. The lowest BCUT2D eigenvalue weighted by Gasteiger charge is -2.22. The predicted octanol–water partition coefficient (Wildman–Crippen LogP) is 2.68. The molecule has 110 valence electrons. The molecule has 1 aliphatic carbocycles. The minimum absolute atomic E-state index is 0.149. The Morgan fingerprint density at radius 1 is 1.38 bits per heavy atom. The number of aromatic hydroxyl groups is 1. The molecule has 0 spiro atoms. The van der Waals surface area contributed by atoms with E-state index in [4.69, 9.17) is 10.2 Å². The molecule has 1 heterocycles. The van der Waals surface area contributed by atoms with Crippen molar-refractivity contribution in [1.82, 2.24) is 4.90 Å². The third-order valence-electron chi connectivity index (χ3n) is 3.67. The Bertz CT molecular complexity index is 674. The van der Waals surface area contributed by atoms with Crippen LogP contribution in [0.5, 0.6) is 5.75 Å². The normalized spacial score (nSPS) is 14.1. The molecule has 1 aromatic carbocycles. The molecule has 3 N–H and O–H groups in total. The number of nitrogens with two attached hydrogens (primary N) is 1. The number of furan rings is 1. The first kappa shape index (κ1) is 13.5. The summed E-state index contributed by atoms with van der Waals surface area (Å²) in [5.74, 6) is 1.20. The highest BCUT2D eigenvalue weighted by Gasteiger charge is 2.34. The summed E-state index contributed by atoms with van der Waals surface area (Å²) in [4.78, 5) is 14.4. The molecule has 0 saturated heterocycles. The zero-order chi connectivity index (χ0) is 15.0. The molecular weight excluding hydrogens is 268 g/mol. The van der Waals surface area contributed by atoms with E-state index in [2.05, 4.69) is 0 Å². The molecule has 1 saturated carbocycles. The Morgan fingerprint density at radius 3 is 2.76 bits per heavy atom. The number of para-hydroxylation sites is 1. The monoisotopic (exact) mass is 286 g/mol. The van der Waals surface area contributed by atoms with E-state index in [-0.39, 0.29) is 28.9 Å². The first-order chi connectivity index (χ1) is 10.1. The van der Waals surface area contributed by atoms with Crippen LogP contribution < -0.4 is 5.73 Å². The number of aryl methyl sites for hydroxylation is 1. The Hall–Kier alpha value is -2.43. The molecule has 0 unspecified atom stereocenters. The molecule has 1 aliphatic rings. The van der Waals surface area contributed by atoms with Gasteiger partial charge in [0.25, 0.3) is 5.91 Å². The number of nitrogens with zero attached hydrogens (tertiary/aromatic N) is 1. The van der Waals surface area contributed by atoms with Gasteiger partial charge in [0.15, 0.2) is 5.75 Å². The van der Waals surface area contributed by atoms with Crippen molar-refractivity contribution in [1.29, 1.82) is 0 Å². The molecule has 0 bridgehead atoms. The third-order valence-corrected chi connectivity index (χ3v) is 3.67. The maximum atomic E-state index is 12.7. The number of rotatable bonds is 4. The predicted molar refractivity (Wildman–Crippen MR) is 78.9 cm³/mol. The molecule has 1 amide bonds. The van der Waals surface area contributed by atoms with Crippen molar-refractivity contribution >= 4 is 11.6 Å². The van der Waals surface area contributed by atoms with Crippen molar-refractivity contribution in [2.24, 2.45) is 0 Å². The maximum absolute atomic E-state index is 12.7. The standard InChI is InChI=1S/C16H18N2O3/c1-10-5-8-12(21-10)9-18(11-6-7-11)16(20)13-3-2-4-14(17)15(13)19/h2-5,8,11,19H,6-7,9,17H2,1H3. The van der Waals surface area contributed by atoms with Gasteiger partial charge < -0.3 is 20.2 Å². The second-order valence-electron chi connectivity index (χ2n) is 5.42. The summed E-state index contributed by atoms with van der Waals surface area (Å²) >= 11 is 0. The molecule has 3 rings (SSSR count). The van der Waals surface area contributed by atoms with Crippen molar-refractivity contribution in [3.8, 4) is 5.75 Å². The Kier molecular flexibility index (Phi) is 3.33. The molecule has 21 heavy (non-hydrogen) atoms. The number of anilines is 1. The summed E-state index contributed by atoms with van der Waals surface area (Å²) in [6.45, 7) is 2.28. The zero-order valence-corrected chi connectivity index (χ0v) is 11.9. The van der Waals surface area contributed by atoms with Crippen LogP contribution in [0.1, 0.15) is 34.7 Å². The van der Waals surface area contributed by atoms with Gasteiger partial charge in [-0.05, 0) is 44.0 Å². The molecule has 2 aromatic rings. The Morgan fingerprint density at radius 2 is 2.14 bits per heavy atom. The number of phenolic OH excluding ortho intramolecular Hbond substituents is 1. The van der Waals surface area contributed by atoms with Gasteiger partial charge in [-0.3, -0.25) is 4.79 Å². The third kappa shape index (κ3) is 2.72. The average Bonchev–Trinajstić information content (AvgIpc) is 3.22. The van der Waals surface area contributed by atoms with E-state index < -0.39 is 0 Å². The molecule has 5 heteroatoms. The number of benzene rings is 1. The van der Waals surface area contributed by atoms with Crippen molar-refractivity contribution in [2.45, 2.75) is 32.4 Å². The van der Waals surface area contributed by atoms with Crippen molar-refractivity contribution in [2.75, 3.05) is 5.73 Å². The number of carbonyl (C=O) groups is 1. The number of hydrogen-bond donors (Lipinski definition) is 2. The van der Waals surface area contributed by atoms with Crippen LogP contribution in [0.3, 0.4) is 0 Å². The van der Waals surface area contributed by atoms with Crippen LogP contribution in [0.25, 0.3) is 0 Å². The van der Waals surface area contributed by atoms with Gasteiger partial charge in [-0.15, -0.1) is 0 Å². The average molecular weight is 286 g/mol. The lowest BCUT2D eigenvalue weighted by Crippen LogP contribution is -2.32.